The Kier molecular flexibility index (Phi) is 4.10. The molecule has 0 radical (unpaired) electrons. The standard InChI is InChI=1S/C13H15Cl2F/c14-11(9-7-8-9)5-1-3-10-4-2-6-12(16)13(10)15/h2,4,6,9,11H,1,3,5,7-8H2. The van der Waals surface area contributed by atoms with Crippen molar-refractivity contribution in [3.05, 3.63) is 34.6 Å². The molecule has 16 heavy (non-hydrogen) atoms. The fraction of sp³-hybridized carbons (Fsp3) is 0.538. The highest BCUT2D eigenvalue weighted by atomic mass is 35.5. The second kappa shape index (κ2) is 5.37. The van der Waals surface area contributed by atoms with Crippen LogP contribution in [0.5, 0.6) is 0 Å². The lowest BCUT2D eigenvalue weighted by Crippen LogP contribution is -2.02. The Morgan fingerprint density at radius 3 is 2.81 bits per heavy atom. The summed E-state index contributed by atoms with van der Waals surface area (Å²) in [5, 5.41) is 0.562. The summed E-state index contributed by atoms with van der Waals surface area (Å²) in [7, 11) is 0. The van der Waals surface area contributed by atoms with E-state index < -0.39 is 0 Å². The lowest BCUT2D eigenvalue weighted by Gasteiger charge is -2.08. The number of halogens is 3. The van der Waals surface area contributed by atoms with Gasteiger partial charge in [0, 0.05) is 5.38 Å². The Morgan fingerprint density at radius 2 is 2.12 bits per heavy atom. The predicted octanol–water partition coefficient (Wildman–Crippen LogP) is 4.82. The molecule has 1 unspecified atom stereocenters. The first-order chi connectivity index (χ1) is 7.68. The Hall–Kier alpha value is -0.270. The van der Waals surface area contributed by atoms with Crippen LogP contribution in [-0.2, 0) is 6.42 Å². The van der Waals surface area contributed by atoms with Crippen LogP contribution in [0.2, 0.25) is 5.02 Å². The molecule has 3 heteroatoms. The van der Waals surface area contributed by atoms with E-state index >= 15 is 0 Å². The molecule has 1 atom stereocenters. The third-order valence-electron chi connectivity index (χ3n) is 3.09. The van der Waals surface area contributed by atoms with Gasteiger partial charge in [-0.2, -0.15) is 0 Å². The smallest absolute Gasteiger partial charge is 0.142 e. The summed E-state index contributed by atoms with van der Waals surface area (Å²) in [6, 6.07) is 4.97. The van der Waals surface area contributed by atoms with Crippen LogP contribution in [0.1, 0.15) is 31.2 Å². The first-order valence-electron chi connectivity index (χ1n) is 5.75. The molecule has 0 aromatic heterocycles. The summed E-state index contributed by atoms with van der Waals surface area (Å²) in [6.45, 7) is 0. The lowest BCUT2D eigenvalue weighted by atomic mass is 10.1. The molecule has 0 spiro atoms. The molecule has 0 amide bonds. The molecule has 0 aliphatic heterocycles. The summed E-state index contributed by atoms with van der Waals surface area (Å²) in [6.07, 6.45) is 5.34. The van der Waals surface area contributed by atoms with E-state index in [1.54, 1.807) is 6.07 Å². The number of alkyl halides is 1. The van der Waals surface area contributed by atoms with Crippen molar-refractivity contribution in [1.82, 2.24) is 0 Å². The number of hydrogen-bond donors (Lipinski definition) is 0. The van der Waals surface area contributed by atoms with Gasteiger partial charge in [0.25, 0.3) is 0 Å². The minimum atomic E-state index is -0.330. The highest BCUT2D eigenvalue weighted by Crippen LogP contribution is 2.38. The zero-order valence-corrected chi connectivity index (χ0v) is 10.6. The molecule has 2 rings (SSSR count). The van der Waals surface area contributed by atoms with Crippen molar-refractivity contribution in [3.63, 3.8) is 0 Å². The van der Waals surface area contributed by atoms with Crippen molar-refractivity contribution in [2.45, 2.75) is 37.5 Å². The van der Waals surface area contributed by atoms with Gasteiger partial charge in [-0.25, -0.2) is 4.39 Å². The first kappa shape index (κ1) is 12.2. The van der Waals surface area contributed by atoms with Crippen LogP contribution >= 0.6 is 23.2 Å². The van der Waals surface area contributed by atoms with Crippen LogP contribution in [0.4, 0.5) is 4.39 Å². The van der Waals surface area contributed by atoms with Gasteiger partial charge in [-0.15, -0.1) is 11.6 Å². The fourth-order valence-electron chi connectivity index (χ4n) is 1.92. The van der Waals surface area contributed by atoms with Gasteiger partial charge < -0.3 is 0 Å². The zero-order valence-electron chi connectivity index (χ0n) is 9.06. The van der Waals surface area contributed by atoms with E-state index in [0.717, 1.165) is 30.7 Å². The molecular formula is C13H15Cl2F. The van der Waals surface area contributed by atoms with Crippen LogP contribution in [0.25, 0.3) is 0 Å². The fourth-order valence-corrected chi connectivity index (χ4v) is 2.55. The monoisotopic (exact) mass is 260 g/mol. The molecule has 0 saturated heterocycles. The minimum absolute atomic E-state index is 0.264. The SMILES string of the molecule is Fc1cccc(CCCC(Cl)C2CC2)c1Cl. The van der Waals surface area contributed by atoms with Gasteiger partial charge in [0.15, 0.2) is 0 Å². The van der Waals surface area contributed by atoms with E-state index in [0.29, 0.717) is 5.38 Å². The van der Waals surface area contributed by atoms with Crippen LogP contribution in [0.3, 0.4) is 0 Å². The van der Waals surface area contributed by atoms with Gasteiger partial charge in [-0.3, -0.25) is 0 Å². The molecule has 1 saturated carbocycles. The average Bonchev–Trinajstić information content (AvgIpc) is 3.07. The molecule has 1 aromatic carbocycles. The number of benzene rings is 1. The van der Waals surface area contributed by atoms with Gasteiger partial charge >= 0.3 is 0 Å². The molecule has 0 bridgehead atoms. The number of hydrogen-bond acceptors (Lipinski definition) is 0. The Balaban J connectivity index is 1.82. The highest BCUT2D eigenvalue weighted by molar-refractivity contribution is 6.31. The molecule has 0 heterocycles. The molecule has 1 aromatic rings. The van der Waals surface area contributed by atoms with Crippen LogP contribution in [0.15, 0.2) is 18.2 Å². The maximum absolute atomic E-state index is 13.1. The van der Waals surface area contributed by atoms with Gasteiger partial charge in [-0.05, 0) is 49.7 Å². The summed E-state index contributed by atoms with van der Waals surface area (Å²) < 4.78 is 13.1. The average molecular weight is 261 g/mol. The highest BCUT2D eigenvalue weighted by Gasteiger charge is 2.28. The Bertz CT molecular complexity index is 361. The number of aryl methyl sites for hydroxylation is 1. The van der Waals surface area contributed by atoms with E-state index in [9.17, 15) is 4.39 Å². The Labute approximate surface area is 106 Å². The Morgan fingerprint density at radius 1 is 1.38 bits per heavy atom. The van der Waals surface area contributed by atoms with Gasteiger partial charge in [0.05, 0.1) is 5.02 Å². The molecule has 1 aliphatic rings. The van der Waals surface area contributed by atoms with E-state index in [2.05, 4.69) is 0 Å². The van der Waals surface area contributed by atoms with Crippen molar-refractivity contribution in [1.29, 1.82) is 0 Å². The molecule has 88 valence electrons. The molecule has 1 fully saturated rings. The van der Waals surface area contributed by atoms with E-state index in [1.165, 1.54) is 18.9 Å². The third kappa shape index (κ3) is 3.11. The maximum Gasteiger partial charge on any atom is 0.142 e. The minimum Gasteiger partial charge on any atom is -0.205 e. The topological polar surface area (TPSA) is 0 Å². The molecule has 1 aliphatic carbocycles. The van der Waals surface area contributed by atoms with Crippen LogP contribution in [0, 0.1) is 11.7 Å². The van der Waals surface area contributed by atoms with Crippen molar-refractivity contribution in [2.24, 2.45) is 5.92 Å². The summed E-state index contributed by atoms with van der Waals surface area (Å²) >= 11 is 12.1. The maximum atomic E-state index is 13.1. The summed E-state index contributed by atoms with van der Waals surface area (Å²) in [5.74, 6) is 0.397. The first-order valence-corrected chi connectivity index (χ1v) is 6.57. The van der Waals surface area contributed by atoms with Gasteiger partial charge in [0.1, 0.15) is 5.82 Å². The lowest BCUT2D eigenvalue weighted by molar-refractivity contribution is 0.617. The third-order valence-corrected chi connectivity index (χ3v) is 4.09. The number of rotatable bonds is 5. The largest absolute Gasteiger partial charge is 0.205 e. The van der Waals surface area contributed by atoms with Crippen LogP contribution < -0.4 is 0 Å². The van der Waals surface area contributed by atoms with Gasteiger partial charge in [0.2, 0.25) is 0 Å². The molecule has 0 N–H and O–H groups in total. The zero-order chi connectivity index (χ0) is 11.5. The molecule has 0 nitrogen and oxygen atoms in total. The van der Waals surface area contributed by atoms with Crippen molar-refractivity contribution >= 4 is 23.2 Å². The van der Waals surface area contributed by atoms with E-state index in [1.807, 2.05) is 6.07 Å². The summed E-state index contributed by atoms with van der Waals surface area (Å²) in [5.41, 5.74) is 0.890. The van der Waals surface area contributed by atoms with Crippen LogP contribution in [-0.4, -0.2) is 5.38 Å². The van der Waals surface area contributed by atoms with Crippen molar-refractivity contribution in [2.75, 3.05) is 0 Å². The predicted molar refractivity (Wildman–Crippen MR) is 66.7 cm³/mol. The van der Waals surface area contributed by atoms with Gasteiger partial charge in [-0.1, -0.05) is 23.7 Å². The van der Waals surface area contributed by atoms with E-state index in [-0.39, 0.29) is 10.8 Å². The normalized spacial score (nSPS) is 17.4. The summed E-state index contributed by atoms with van der Waals surface area (Å²) in [4.78, 5) is 0. The van der Waals surface area contributed by atoms with Crippen molar-refractivity contribution < 1.29 is 4.39 Å². The quantitative estimate of drug-likeness (QED) is 0.666. The second-order valence-electron chi connectivity index (χ2n) is 4.46. The van der Waals surface area contributed by atoms with E-state index in [4.69, 9.17) is 23.2 Å². The second-order valence-corrected chi connectivity index (χ2v) is 5.40. The molecular weight excluding hydrogens is 246 g/mol. The van der Waals surface area contributed by atoms with Crippen molar-refractivity contribution in [3.8, 4) is 0 Å².